The van der Waals surface area contributed by atoms with Crippen LogP contribution in [-0.4, -0.2) is 42.6 Å². The number of rotatable bonds is 11. The number of carboxylic acid groups (broad SMARTS) is 1. The molecule has 0 fully saturated rings. The number of hydrogen-bond donors (Lipinski definition) is 4. The van der Waals surface area contributed by atoms with Gasteiger partial charge in [0.1, 0.15) is 11.8 Å². The van der Waals surface area contributed by atoms with E-state index in [1.54, 1.807) is 31.4 Å². The molecule has 0 aliphatic carbocycles. The summed E-state index contributed by atoms with van der Waals surface area (Å²) < 4.78 is 5.27. The van der Waals surface area contributed by atoms with Crippen LogP contribution in [0.1, 0.15) is 37.0 Å². The number of amides is 2. The van der Waals surface area contributed by atoms with Crippen molar-refractivity contribution < 1.29 is 24.2 Å². The standard InChI is InChI=1S/C27H31N3O5/c1-4-17(2)25(29-21-9-5-18(6-10-21)26(33)28-14-13-24(31)32)27(34)30-22-11-7-20-16-23(35-3)12-8-19(20)15-22/h5-12,15-17,25,29H,4,13-14H2,1-3H3,(H,28,33)(H,30,34)(H,31,32)/t17-,25-/m0/s1. The van der Waals surface area contributed by atoms with Crippen LogP contribution in [0.3, 0.4) is 0 Å². The van der Waals surface area contributed by atoms with Crippen molar-refractivity contribution in [1.82, 2.24) is 5.32 Å². The number of carboxylic acids is 1. The van der Waals surface area contributed by atoms with E-state index in [4.69, 9.17) is 9.84 Å². The normalized spacial score (nSPS) is 12.4. The Kier molecular flexibility index (Phi) is 8.67. The molecule has 184 valence electrons. The third-order valence-corrected chi connectivity index (χ3v) is 5.90. The molecule has 2 amide bonds. The lowest BCUT2D eigenvalue weighted by atomic mass is 9.97. The first-order chi connectivity index (χ1) is 16.8. The first-order valence-electron chi connectivity index (χ1n) is 11.6. The van der Waals surface area contributed by atoms with E-state index in [1.165, 1.54) is 0 Å². The maximum absolute atomic E-state index is 13.2. The van der Waals surface area contributed by atoms with Gasteiger partial charge >= 0.3 is 5.97 Å². The van der Waals surface area contributed by atoms with E-state index in [-0.39, 0.29) is 30.7 Å². The molecule has 35 heavy (non-hydrogen) atoms. The van der Waals surface area contributed by atoms with Crippen molar-refractivity contribution in [3.05, 3.63) is 66.2 Å². The van der Waals surface area contributed by atoms with Gasteiger partial charge in [-0.1, -0.05) is 32.4 Å². The van der Waals surface area contributed by atoms with Gasteiger partial charge in [0.05, 0.1) is 13.5 Å². The predicted octanol–water partition coefficient (Wildman–Crippen LogP) is 4.52. The highest BCUT2D eigenvalue weighted by atomic mass is 16.5. The van der Waals surface area contributed by atoms with Crippen LogP contribution in [0, 0.1) is 5.92 Å². The van der Waals surface area contributed by atoms with E-state index >= 15 is 0 Å². The summed E-state index contributed by atoms with van der Waals surface area (Å²) >= 11 is 0. The lowest BCUT2D eigenvalue weighted by molar-refractivity contribution is -0.136. The van der Waals surface area contributed by atoms with Crippen LogP contribution in [0.5, 0.6) is 5.75 Å². The molecule has 0 aliphatic heterocycles. The molecule has 2 atom stereocenters. The van der Waals surface area contributed by atoms with Crippen molar-refractivity contribution in [2.75, 3.05) is 24.3 Å². The third kappa shape index (κ3) is 6.96. The van der Waals surface area contributed by atoms with Gasteiger partial charge in [-0.25, -0.2) is 0 Å². The SMILES string of the molecule is CC[C@H](C)[C@H](Nc1ccc(C(=O)NCCC(=O)O)cc1)C(=O)Nc1ccc2cc(OC)ccc2c1. The molecule has 0 radical (unpaired) electrons. The fraction of sp³-hybridized carbons (Fsp3) is 0.296. The van der Waals surface area contributed by atoms with Crippen molar-refractivity contribution in [2.45, 2.75) is 32.7 Å². The Hall–Kier alpha value is -4.07. The molecule has 0 aromatic heterocycles. The molecule has 4 N–H and O–H groups in total. The number of carbonyl (C=O) groups excluding carboxylic acids is 2. The molecule has 0 unspecified atom stereocenters. The van der Waals surface area contributed by atoms with Crippen LogP contribution < -0.4 is 20.7 Å². The number of anilines is 2. The molecule has 3 aromatic carbocycles. The summed E-state index contributed by atoms with van der Waals surface area (Å²) in [6, 6.07) is 17.8. The Bertz CT molecular complexity index is 1190. The fourth-order valence-electron chi connectivity index (χ4n) is 3.63. The highest BCUT2D eigenvalue weighted by Crippen LogP contribution is 2.25. The number of benzene rings is 3. The van der Waals surface area contributed by atoms with E-state index in [2.05, 4.69) is 16.0 Å². The van der Waals surface area contributed by atoms with Crippen molar-refractivity contribution in [2.24, 2.45) is 5.92 Å². The van der Waals surface area contributed by atoms with Gasteiger partial charge in [0, 0.05) is 23.5 Å². The quantitative estimate of drug-likeness (QED) is 0.323. The number of ether oxygens (including phenoxy) is 1. The zero-order valence-corrected chi connectivity index (χ0v) is 20.1. The molecule has 8 nitrogen and oxygen atoms in total. The minimum absolute atomic E-state index is 0.0544. The van der Waals surface area contributed by atoms with Gasteiger partial charge in [0.15, 0.2) is 0 Å². The second-order valence-corrected chi connectivity index (χ2v) is 8.40. The van der Waals surface area contributed by atoms with E-state index in [1.807, 2.05) is 50.2 Å². The lowest BCUT2D eigenvalue weighted by Crippen LogP contribution is -2.39. The number of carbonyl (C=O) groups is 3. The second-order valence-electron chi connectivity index (χ2n) is 8.40. The van der Waals surface area contributed by atoms with Crippen LogP contribution in [0.4, 0.5) is 11.4 Å². The van der Waals surface area contributed by atoms with Crippen LogP contribution >= 0.6 is 0 Å². The minimum atomic E-state index is -0.969. The zero-order chi connectivity index (χ0) is 25.4. The topological polar surface area (TPSA) is 117 Å². The van der Waals surface area contributed by atoms with Crippen LogP contribution in [0.15, 0.2) is 60.7 Å². The van der Waals surface area contributed by atoms with Gasteiger partial charge in [-0.3, -0.25) is 14.4 Å². The largest absolute Gasteiger partial charge is 0.497 e. The van der Waals surface area contributed by atoms with Gasteiger partial charge in [0.2, 0.25) is 5.91 Å². The highest BCUT2D eigenvalue weighted by molar-refractivity contribution is 5.99. The number of fused-ring (bicyclic) bond motifs is 1. The van der Waals surface area contributed by atoms with Gasteiger partial charge in [0.25, 0.3) is 5.91 Å². The maximum atomic E-state index is 13.2. The predicted molar refractivity (Wildman–Crippen MR) is 137 cm³/mol. The molecule has 0 bridgehead atoms. The fourth-order valence-corrected chi connectivity index (χ4v) is 3.63. The summed E-state index contributed by atoms with van der Waals surface area (Å²) in [7, 11) is 1.63. The number of methoxy groups -OCH3 is 1. The molecular weight excluding hydrogens is 446 g/mol. The molecule has 3 rings (SSSR count). The molecule has 0 heterocycles. The smallest absolute Gasteiger partial charge is 0.305 e. The zero-order valence-electron chi connectivity index (χ0n) is 20.1. The van der Waals surface area contributed by atoms with Crippen molar-refractivity contribution in [3.8, 4) is 5.75 Å². The summed E-state index contributed by atoms with van der Waals surface area (Å²) in [4.78, 5) is 36.0. The summed E-state index contributed by atoms with van der Waals surface area (Å²) in [5, 5.41) is 19.6. The summed E-state index contributed by atoms with van der Waals surface area (Å²) in [6.07, 6.45) is 0.662. The van der Waals surface area contributed by atoms with Gasteiger partial charge in [-0.15, -0.1) is 0 Å². The van der Waals surface area contributed by atoms with E-state index in [9.17, 15) is 14.4 Å². The van der Waals surface area contributed by atoms with Crippen LogP contribution in [0.25, 0.3) is 10.8 Å². The Morgan fingerprint density at radius 3 is 2.26 bits per heavy atom. The van der Waals surface area contributed by atoms with Gasteiger partial charge in [-0.05, 0) is 65.2 Å². The Morgan fingerprint density at radius 1 is 0.943 bits per heavy atom. The summed E-state index contributed by atoms with van der Waals surface area (Å²) in [5.74, 6) is -0.633. The second kappa shape index (κ2) is 11.9. The molecule has 8 heteroatoms. The molecular formula is C27H31N3O5. The molecule has 0 spiro atoms. The Labute approximate surface area is 204 Å². The third-order valence-electron chi connectivity index (χ3n) is 5.90. The summed E-state index contributed by atoms with van der Waals surface area (Å²) in [5.41, 5.74) is 1.83. The minimum Gasteiger partial charge on any atom is -0.497 e. The number of aliphatic carboxylic acids is 1. The number of nitrogens with one attached hydrogen (secondary N) is 3. The van der Waals surface area contributed by atoms with E-state index in [0.717, 1.165) is 22.9 Å². The first kappa shape index (κ1) is 25.6. The van der Waals surface area contributed by atoms with Gasteiger partial charge < -0.3 is 25.8 Å². The average molecular weight is 478 g/mol. The van der Waals surface area contributed by atoms with Crippen molar-refractivity contribution in [3.63, 3.8) is 0 Å². The Balaban J connectivity index is 1.68. The molecule has 0 aliphatic rings. The van der Waals surface area contributed by atoms with Gasteiger partial charge in [-0.2, -0.15) is 0 Å². The van der Waals surface area contributed by atoms with Crippen molar-refractivity contribution in [1.29, 1.82) is 0 Å². The molecule has 0 saturated heterocycles. The van der Waals surface area contributed by atoms with Crippen LogP contribution in [-0.2, 0) is 9.59 Å². The first-order valence-corrected chi connectivity index (χ1v) is 11.6. The van der Waals surface area contributed by atoms with E-state index < -0.39 is 12.0 Å². The lowest BCUT2D eigenvalue weighted by Gasteiger charge is -2.25. The van der Waals surface area contributed by atoms with E-state index in [0.29, 0.717) is 16.9 Å². The number of hydrogen-bond acceptors (Lipinski definition) is 5. The summed E-state index contributed by atoms with van der Waals surface area (Å²) in [6.45, 7) is 4.10. The Morgan fingerprint density at radius 2 is 1.60 bits per heavy atom. The van der Waals surface area contributed by atoms with Crippen LogP contribution in [0.2, 0.25) is 0 Å². The average Bonchev–Trinajstić information content (AvgIpc) is 2.86. The molecule has 0 saturated carbocycles. The molecule has 3 aromatic rings. The van der Waals surface area contributed by atoms with Crippen molar-refractivity contribution >= 4 is 39.9 Å². The highest BCUT2D eigenvalue weighted by Gasteiger charge is 2.24. The monoisotopic (exact) mass is 477 g/mol. The maximum Gasteiger partial charge on any atom is 0.305 e.